The quantitative estimate of drug-likeness (QED) is 0.373. The number of β-lactam (4-membered cyclic amide) rings is 1. The summed E-state index contributed by atoms with van der Waals surface area (Å²) >= 11 is 0. The Morgan fingerprint density at radius 1 is 0.824 bits per heavy atom. The summed E-state index contributed by atoms with van der Waals surface area (Å²) in [5.74, 6) is 4.72. The van der Waals surface area contributed by atoms with Crippen LogP contribution in [0.4, 0.5) is 5.69 Å². The number of carbonyl (C=O) groups excluding carboxylic acids is 3. The van der Waals surface area contributed by atoms with E-state index in [1.807, 2.05) is 18.2 Å². The Bertz CT molecular complexity index is 1310. The molecular weight excluding hydrogens is 432 g/mol. The molecule has 0 aromatic heterocycles. The molecule has 2 aliphatic heterocycles. The largest absolute Gasteiger partial charge is 0.497 e. The van der Waals surface area contributed by atoms with Crippen LogP contribution in [0.15, 0.2) is 78.9 Å². The van der Waals surface area contributed by atoms with E-state index >= 15 is 0 Å². The number of methoxy groups -OCH3 is 1. The standard InChI is InChI=1S/C27H20N2O5/c1-34-19-14-12-18(13-15-19)28-23(22(30)16-11-17-7-3-2-4-8-17)24(27(28)33)29-25(31)20-9-5-6-10-21(20)26(29)32/h2-10,12-15,22-24,30H,1H3/t22-,23+,24-/m1/s1. The number of hydrogen-bond donors (Lipinski definition) is 1. The van der Waals surface area contributed by atoms with Crippen LogP contribution in [0.25, 0.3) is 0 Å². The van der Waals surface area contributed by atoms with Crippen LogP contribution >= 0.6 is 0 Å². The maximum Gasteiger partial charge on any atom is 0.262 e. The first-order valence-corrected chi connectivity index (χ1v) is 10.7. The molecule has 1 N–H and O–H groups in total. The number of rotatable bonds is 4. The molecule has 7 heteroatoms. The highest BCUT2D eigenvalue weighted by molar-refractivity contribution is 6.24. The summed E-state index contributed by atoms with van der Waals surface area (Å²) < 4.78 is 5.18. The third kappa shape index (κ3) is 3.41. The van der Waals surface area contributed by atoms with Crippen LogP contribution in [-0.2, 0) is 4.79 Å². The van der Waals surface area contributed by atoms with Crippen molar-refractivity contribution in [3.8, 4) is 17.6 Å². The fraction of sp³-hybridized carbons (Fsp3) is 0.148. The minimum atomic E-state index is -1.31. The van der Waals surface area contributed by atoms with E-state index in [4.69, 9.17) is 4.74 Å². The molecule has 3 atom stereocenters. The van der Waals surface area contributed by atoms with Crippen LogP contribution in [0.1, 0.15) is 26.3 Å². The second-order valence-corrected chi connectivity index (χ2v) is 7.95. The maximum atomic E-state index is 13.3. The molecule has 0 bridgehead atoms. The van der Waals surface area contributed by atoms with Crippen LogP contribution < -0.4 is 9.64 Å². The summed E-state index contributed by atoms with van der Waals surface area (Å²) in [6.07, 6.45) is -1.31. The minimum absolute atomic E-state index is 0.242. The number of amides is 3. The molecule has 3 amide bonds. The minimum Gasteiger partial charge on any atom is -0.497 e. The fourth-order valence-electron chi connectivity index (χ4n) is 4.34. The first-order chi connectivity index (χ1) is 16.5. The molecule has 34 heavy (non-hydrogen) atoms. The number of nitrogens with zero attached hydrogens (tertiary/aromatic N) is 2. The molecule has 3 aromatic carbocycles. The lowest BCUT2D eigenvalue weighted by atomic mass is 9.87. The summed E-state index contributed by atoms with van der Waals surface area (Å²) in [7, 11) is 1.54. The number of hydrogen-bond acceptors (Lipinski definition) is 5. The van der Waals surface area contributed by atoms with Gasteiger partial charge in [0.2, 0.25) is 0 Å². The van der Waals surface area contributed by atoms with Crippen molar-refractivity contribution in [1.29, 1.82) is 0 Å². The molecule has 168 valence electrons. The van der Waals surface area contributed by atoms with Crippen molar-refractivity contribution in [1.82, 2.24) is 4.90 Å². The first kappa shape index (κ1) is 21.4. The van der Waals surface area contributed by atoms with Gasteiger partial charge in [-0.15, -0.1) is 0 Å². The lowest BCUT2D eigenvalue weighted by Gasteiger charge is -2.50. The van der Waals surface area contributed by atoms with E-state index < -0.39 is 35.9 Å². The molecule has 5 rings (SSSR count). The zero-order chi connectivity index (χ0) is 23.8. The lowest BCUT2D eigenvalue weighted by molar-refractivity contribution is -0.132. The van der Waals surface area contributed by atoms with E-state index in [1.165, 1.54) is 12.0 Å². The summed E-state index contributed by atoms with van der Waals surface area (Å²) in [5, 5.41) is 11.1. The van der Waals surface area contributed by atoms with Crippen LogP contribution in [0, 0.1) is 11.8 Å². The molecule has 0 radical (unpaired) electrons. The smallest absolute Gasteiger partial charge is 0.262 e. The normalized spacial score (nSPS) is 19.8. The summed E-state index contributed by atoms with van der Waals surface area (Å²) in [5.41, 5.74) is 1.68. The van der Waals surface area contributed by atoms with Crippen LogP contribution in [0.5, 0.6) is 5.75 Å². The highest BCUT2D eigenvalue weighted by Gasteiger charge is 2.59. The predicted octanol–water partition coefficient (Wildman–Crippen LogP) is 2.49. The van der Waals surface area contributed by atoms with E-state index in [-0.39, 0.29) is 11.1 Å². The van der Waals surface area contributed by atoms with Crippen molar-refractivity contribution in [3.05, 3.63) is 95.6 Å². The molecule has 0 aliphatic carbocycles. The topological polar surface area (TPSA) is 87.2 Å². The Morgan fingerprint density at radius 3 is 2.00 bits per heavy atom. The average Bonchev–Trinajstić information content (AvgIpc) is 3.12. The summed E-state index contributed by atoms with van der Waals surface area (Å²) in [6.45, 7) is 0. The zero-order valence-electron chi connectivity index (χ0n) is 18.2. The highest BCUT2D eigenvalue weighted by atomic mass is 16.5. The zero-order valence-corrected chi connectivity index (χ0v) is 18.2. The number of carbonyl (C=O) groups is 3. The van der Waals surface area contributed by atoms with E-state index in [2.05, 4.69) is 11.8 Å². The second-order valence-electron chi connectivity index (χ2n) is 7.95. The highest BCUT2D eigenvalue weighted by Crippen LogP contribution is 2.37. The van der Waals surface area contributed by atoms with Crippen molar-refractivity contribution in [3.63, 3.8) is 0 Å². The molecule has 3 aromatic rings. The molecule has 0 spiro atoms. The second kappa shape index (κ2) is 8.50. The Labute approximate surface area is 196 Å². The van der Waals surface area contributed by atoms with E-state index in [0.717, 1.165) is 4.90 Å². The molecule has 0 unspecified atom stereocenters. The van der Waals surface area contributed by atoms with Gasteiger partial charge in [-0.05, 0) is 48.5 Å². The van der Waals surface area contributed by atoms with Crippen molar-refractivity contribution in [2.75, 3.05) is 12.0 Å². The third-order valence-corrected chi connectivity index (χ3v) is 6.03. The Morgan fingerprint density at radius 2 is 1.41 bits per heavy atom. The van der Waals surface area contributed by atoms with E-state index in [0.29, 0.717) is 17.0 Å². The van der Waals surface area contributed by atoms with Gasteiger partial charge >= 0.3 is 0 Å². The Kier molecular flexibility index (Phi) is 5.36. The van der Waals surface area contributed by atoms with Crippen molar-refractivity contribution in [2.24, 2.45) is 0 Å². The first-order valence-electron chi connectivity index (χ1n) is 10.7. The number of benzene rings is 3. The van der Waals surface area contributed by atoms with Gasteiger partial charge in [0, 0.05) is 11.3 Å². The maximum absolute atomic E-state index is 13.3. The van der Waals surface area contributed by atoms with Gasteiger partial charge in [-0.25, -0.2) is 0 Å². The number of fused-ring (bicyclic) bond motifs is 1. The van der Waals surface area contributed by atoms with Crippen molar-refractivity contribution in [2.45, 2.75) is 18.2 Å². The summed E-state index contributed by atoms with van der Waals surface area (Å²) in [4.78, 5) is 41.8. The van der Waals surface area contributed by atoms with Crippen LogP contribution in [0.3, 0.4) is 0 Å². The Balaban J connectivity index is 1.52. The van der Waals surface area contributed by atoms with Crippen molar-refractivity contribution < 1.29 is 24.2 Å². The SMILES string of the molecule is COc1ccc(N2C(=O)[C@H](N3C(=O)c4ccccc4C3=O)[C@@H]2[C@H](O)C#Cc2ccccc2)cc1. The van der Waals surface area contributed by atoms with Crippen LogP contribution in [-0.4, -0.2) is 53.0 Å². The number of aliphatic hydroxyl groups excluding tert-OH is 1. The fourth-order valence-corrected chi connectivity index (χ4v) is 4.34. The predicted molar refractivity (Wildman–Crippen MR) is 124 cm³/mol. The summed E-state index contributed by atoms with van der Waals surface area (Å²) in [6, 6.07) is 20.2. The van der Waals surface area contributed by atoms with Gasteiger partial charge in [0.25, 0.3) is 17.7 Å². The molecule has 0 saturated carbocycles. The van der Waals surface area contributed by atoms with Crippen LogP contribution in [0.2, 0.25) is 0 Å². The van der Waals surface area contributed by atoms with E-state index in [1.54, 1.807) is 60.7 Å². The Hall–Kier alpha value is -4.41. The average molecular weight is 452 g/mol. The van der Waals surface area contributed by atoms with Gasteiger partial charge in [-0.2, -0.15) is 0 Å². The monoisotopic (exact) mass is 452 g/mol. The molecular formula is C27H20N2O5. The lowest BCUT2D eigenvalue weighted by Crippen LogP contribution is -2.75. The number of ether oxygens (including phenoxy) is 1. The molecule has 1 fully saturated rings. The number of aliphatic hydroxyl groups is 1. The van der Waals surface area contributed by atoms with Crippen molar-refractivity contribution >= 4 is 23.4 Å². The van der Waals surface area contributed by atoms with Gasteiger partial charge in [0.05, 0.1) is 18.2 Å². The van der Waals surface area contributed by atoms with Gasteiger partial charge in [-0.1, -0.05) is 42.2 Å². The molecule has 7 nitrogen and oxygen atoms in total. The van der Waals surface area contributed by atoms with Gasteiger partial charge < -0.3 is 14.7 Å². The van der Waals surface area contributed by atoms with Gasteiger partial charge in [-0.3, -0.25) is 19.3 Å². The molecule has 1 saturated heterocycles. The molecule has 2 heterocycles. The van der Waals surface area contributed by atoms with E-state index in [9.17, 15) is 19.5 Å². The van der Waals surface area contributed by atoms with Gasteiger partial charge in [0.15, 0.2) is 0 Å². The number of imide groups is 1. The third-order valence-electron chi connectivity index (χ3n) is 6.03. The van der Waals surface area contributed by atoms with Gasteiger partial charge in [0.1, 0.15) is 23.9 Å². The number of anilines is 1. The molecule has 2 aliphatic rings.